The number of rotatable bonds is 2. The largest absolute Gasteiger partial charge is 0.244 e. The average Bonchev–Trinajstić information content (AvgIpc) is 2.79. The lowest BCUT2D eigenvalue weighted by atomic mass is 9.97. The van der Waals surface area contributed by atoms with Crippen LogP contribution in [0, 0.1) is 27.7 Å². The molecule has 1 aromatic heterocycles. The molecular weight excluding hydrogens is 412 g/mol. The van der Waals surface area contributed by atoms with Crippen molar-refractivity contribution in [2.24, 2.45) is 0 Å². The molecular formula is C32H26N2. The van der Waals surface area contributed by atoms with Gasteiger partial charge in [0.25, 0.3) is 0 Å². The molecule has 1 heterocycles. The predicted molar refractivity (Wildman–Crippen MR) is 144 cm³/mol. The Bertz CT molecular complexity index is 1580. The summed E-state index contributed by atoms with van der Waals surface area (Å²) < 4.78 is 0. The third-order valence-corrected chi connectivity index (χ3v) is 6.48. The Morgan fingerprint density at radius 2 is 0.794 bits per heavy atom. The van der Waals surface area contributed by atoms with Crippen molar-refractivity contribution in [3.8, 4) is 22.5 Å². The Morgan fingerprint density at radius 3 is 1.18 bits per heavy atom. The molecule has 0 bridgehead atoms. The Kier molecular flexibility index (Phi) is 4.70. The van der Waals surface area contributed by atoms with E-state index in [0.29, 0.717) is 0 Å². The Labute approximate surface area is 199 Å². The maximum Gasteiger partial charge on any atom is 0.0973 e. The molecule has 0 amide bonds. The molecule has 6 aromatic rings. The van der Waals surface area contributed by atoms with E-state index in [4.69, 9.17) is 9.97 Å². The zero-order valence-electron chi connectivity index (χ0n) is 20.0. The number of aryl methyl sites for hydroxylation is 4. The van der Waals surface area contributed by atoms with Crippen LogP contribution < -0.4 is 0 Å². The van der Waals surface area contributed by atoms with Crippen LogP contribution in [0.4, 0.5) is 0 Å². The maximum absolute atomic E-state index is 5.23. The summed E-state index contributed by atoms with van der Waals surface area (Å²) in [6, 6.07) is 30.6. The molecule has 0 unspecified atom stereocenters. The molecule has 0 aliphatic carbocycles. The number of nitrogens with zero attached hydrogens (tertiary/aromatic N) is 2. The van der Waals surface area contributed by atoms with Crippen LogP contribution in [0.2, 0.25) is 0 Å². The van der Waals surface area contributed by atoms with E-state index in [9.17, 15) is 0 Å². The molecule has 0 fully saturated rings. The van der Waals surface area contributed by atoms with Crippen LogP contribution >= 0.6 is 0 Å². The van der Waals surface area contributed by atoms with Crippen molar-refractivity contribution in [1.29, 1.82) is 0 Å². The first-order valence-corrected chi connectivity index (χ1v) is 11.7. The van der Waals surface area contributed by atoms with Crippen molar-refractivity contribution < 1.29 is 0 Å². The second-order valence-electron chi connectivity index (χ2n) is 9.56. The fourth-order valence-corrected chi connectivity index (χ4v) is 5.12. The van der Waals surface area contributed by atoms with Gasteiger partial charge in [-0.1, -0.05) is 58.7 Å². The molecule has 0 aliphatic rings. The van der Waals surface area contributed by atoms with Gasteiger partial charge in [-0.05, 0) is 97.8 Å². The van der Waals surface area contributed by atoms with E-state index in [1.54, 1.807) is 0 Å². The van der Waals surface area contributed by atoms with E-state index in [1.807, 2.05) is 0 Å². The van der Waals surface area contributed by atoms with Gasteiger partial charge >= 0.3 is 0 Å². The molecule has 0 N–H and O–H groups in total. The summed E-state index contributed by atoms with van der Waals surface area (Å²) in [5.74, 6) is 0. The molecule has 164 valence electrons. The highest BCUT2D eigenvalue weighted by molar-refractivity contribution is 6.03. The van der Waals surface area contributed by atoms with Crippen LogP contribution in [0.5, 0.6) is 0 Å². The number of hydrogen-bond acceptors (Lipinski definition) is 2. The first-order valence-electron chi connectivity index (χ1n) is 11.7. The number of aromatic nitrogens is 2. The van der Waals surface area contributed by atoms with Gasteiger partial charge in [-0.15, -0.1) is 0 Å². The maximum atomic E-state index is 5.23. The fraction of sp³-hybridized carbons (Fsp3) is 0.125. The van der Waals surface area contributed by atoms with Crippen molar-refractivity contribution in [2.75, 3.05) is 0 Å². The summed E-state index contributed by atoms with van der Waals surface area (Å²) in [6.45, 7) is 8.56. The van der Waals surface area contributed by atoms with E-state index in [-0.39, 0.29) is 0 Å². The van der Waals surface area contributed by atoms with Gasteiger partial charge in [0, 0.05) is 11.1 Å². The molecule has 2 heteroatoms. The van der Waals surface area contributed by atoms with E-state index >= 15 is 0 Å². The van der Waals surface area contributed by atoms with E-state index < -0.39 is 0 Å². The highest BCUT2D eigenvalue weighted by atomic mass is 14.8. The molecule has 0 spiro atoms. The second kappa shape index (κ2) is 7.78. The molecule has 0 saturated heterocycles. The highest BCUT2D eigenvalue weighted by Gasteiger charge is 2.15. The van der Waals surface area contributed by atoms with Gasteiger partial charge in [0.15, 0.2) is 0 Å². The fourth-order valence-electron chi connectivity index (χ4n) is 5.12. The van der Waals surface area contributed by atoms with Crippen LogP contribution in [0.1, 0.15) is 22.3 Å². The SMILES string of the molecule is Cc1cc(C)cc(-c2nc3cc4cc5ccccc5cc4cc3nc2-c2cc(C)cc(C)c2)c1. The van der Waals surface area contributed by atoms with Crippen LogP contribution in [-0.2, 0) is 0 Å². The summed E-state index contributed by atoms with van der Waals surface area (Å²) in [5, 5.41) is 4.85. The zero-order chi connectivity index (χ0) is 23.4. The summed E-state index contributed by atoms with van der Waals surface area (Å²) in [5.41, 5.74) is 10.9. The topological polar surface area (TPSA) is 25.8 Å². The van der Waals surface area contributed by atoms with Gasteiger partial charge in [0.1, 0.15) is 0 Å². The molecule has 6 rings (SSSR count). The first-order chi connectivity index (χ1) is 16.4. The van der Waals surface area contributed by atoms with Crippen molar-refractivity contribution >= 4 is 32.6 Å². The van der Waals surface area contributed by atoms with Gasteiger partial charge in [-0.3, -0.25) is 0 Å². The zero-order valence-corrected chi connectivity index (χ0v) is 20.0. The van der Waals surface area contributed by atoms with Crippen LogP contribution in [-0.4, -0.2) is 9.97 Å². The first kappa shape index (κ1) is 20.6. The second-order valence-corrected chi connectivity index (χ2v) is 9.56. The lowest BCUT2D eigenvalue weighted by Gasteiger charge is -2.14. The molecule has 0 aliphatic heterocycles. The van der Waals surface area contributed by atoms with E-state index in [2.05, 4.69) is 113 Å². The van der Waals surface area contributed by atoms with Crippen molar-refractivity contribution in [3.05, 3.63) is 107 Å². The lowest BCUT2D eigenvalue weighted by Crippen LogP contribution is -1.97. The molecule has 0 atom stereocenters. The van der Waals surface area contributed by atoms with Gasteiger partial charge in [0.05, 0.1) is 22.4 Å². The van der Waals surface area contributed by atoms with Crippen LogP contribution in [0.15, 0.2) is 84.9 Å². The molecule has 34 heavy (non-hydrogen) atoms. The smallest absolute Gasteiger partial charge is 0.0973 e. The van der Waals surface area contributed by atoms with Gasteiger partial charge in [-0.2, -0.15) is 0 Å². The minimum atomic E-state index is 0.921. The van der Waals surface area contributed by atoms with E-state index in [0.717, 1.165) is 33.5 Å². The average molecular weight is 439 g/mol. The number of hydrogen-bond donors (Lipinski definition) is 0. The monoisotopic (exact) mass is 438 g/mol. The normalized spacial score (nSPS) is 11.5. The molecule has 0 saturated carbocycles. The third kappa shape index (κ3) is 3.62. The minimum Gasteiger partial charge on any atom is -0.244 e. The molecule has 0 radical (unpaired) electrons. The Hall–Kier alpha value is -4.04. The van der Waals surface area contributed by atoms with Crippen molar-refractivity contribution in [3.63, 3.8) is 0 Å². The summed E-state index contributed by atoms with van der Waals surface area (Å²) in [6.07, 6.45) is 0. The Morgan fingerprint density at radius 1 is 0.412 bits per heavy atom. The number of fused-ring (bicyclic) bond motifs is 3. The molecule has 2 nitrogen and oxygen atoms in total. The van der Waals surface area contributed by atoms with Gasteiger partial charge < -0.3 is 0 Å². The van der Waals surface area contributed by atoms with Crippen molar-refractivity contribution in [2.45, 2.75) is 27.7 Å². The number of benzene rings is 5. The van der Waals surface area contributed by atoms with Gasteiger partial charge in [0.2, 0.25) is 0 Å². The van der Waals surface area contributed by atoms with Crippen LogP contribution in [0.3, 0.4) is 0 Å². The predicted octanol–water partition coefficient (Wildman–Crippen LogP) is 8.50. The van der Waals surface area contributed by atoms with Crippen LogP contribution in [0.25, 0.3) is 55.1 Å². The minimum absolute atomic E-state index is 0.921. The summed E-state index contributed by atoms with van der Waals surface area (Å²) in [7, 11) is 0. The quantitative estimate of drug-likeness (QED) is 0.253. The highest BCUT2D eigenvalue weighted by Crippen LogP contribution is 2.34. The van der Waals surface area contributed by atoms with Crippen molar-refractivity contribution in [1.82, 2.24) is 9.97 Å². The van der Waals surface area contributed by atoms with E-state index in [1.165, 1.54) is 43.8 Å². The third-order valence-electron chi connectivity index (χ3n) is 6.48. The van der Waals surface area contributed by atoms with Gasteiger partial charge in [-0.25, -0.2) is 9.97 Å². The summed E-state index contributed by atoms with van der Waals surface area (Å²) >= 11 is 0. The summed E-state index contributed by atoms with van der Waals surface area (Å²) in [4.78, 5) is 10.5. The molecule has 5 aromatic carbocycles. The Balaban J connectivity index is 1.69. The standard InChI is InChI=1S/C32H26N2/c1-19-9-20(2)12-27(11-19)31-32(28-13-21(3)10-22(4)14-28)34-30-18-26-16-24-8-6-5-7-23(24)15-25(26)17-29(30)33-31/h5-18H,1-4H3. The lowest BCUT2D eigenvalue weighted by molar-refractivity contribution is 1.27.